The largest absolute Gasteiger partial charge is 0.294 e. The van der Waals surface area contributed by atoms with Gasteiger partial charge < -0.3 is 0 Å². The van der Waals surface area contributed by atoms with Crippen molar-refractivity contribution in [1.29, 1.82) is 0 Å². The third-order valence-electron chi connectivity index (χ3n) is 1.22. The van der Waals surface area contributed by atoms with Crippen LogP contribution in [0.4, 0.5) is 0 Å². The highest BCUT2D eigenvalue weighted by atomic mass is 32.2. The van der Waals surface area contributed by atoms with E-state index in [4.69, 9.17) is 5.84 Å². The highest BCUT2D eigenvalue weighted by molar-refractivity contribution is 7.89. The Balaban J connectivity index is 3.64. The first-order valence-corrected chi connectivity index (χ1v) is 5.14. The Bertz CT molecular complexity index is 236. The van der Waals surface area contributed by atoms with E-state index in [0.29, 0.717) is 0 Å². The fraction of sp³-hybridized carbons (Fsp3) is 0.800. The van der Waals surface area contributed by atoms with Crippen LogP contribution in [-0.4, -0.2) is 26.6 Å². The van der Waals surface area contributed by atoms with E-state index in [1.165, 1.54) is 6.92 Å². The molecule has 0 radical (unpaired) electrons. The minimum Gasteiger partial charge on any atom is -0.294 e. The van der Waals surface area contributed by atoms with Crippen LogP contribution in [0.15, 0.2) is 0 Å². The molecule has 0 aliphatic carbocycles. The van der Waals surface area contributed by atoms with Gasteiger partial charge in [0.05, 0.1) is 5.75 Å². The first-order valence-electron chi connectivity index (χ1n) is 3.48. The van der Waals surface area contributed by atoms with Gasteiger partial charge in [-0.15, -0.1) is 0 Å². The van der Waals surface area contributed by atoms with Gasteiger partial charge in [-0.05, 0) is 6.92 Å². The summed E-state index contributed by atoms with van der Waals surface area (Å²) in [7, 11) is -3.19. The summed E-state index contributed by atoms with van der Waals surface area (Å²) in [4.78, 5) is 10.5. The van der Waals surface area contributed by atoms with E-state index in [9.17, 15) is 13.2 Å². The Kier molecular flexibility index (Phi) is 4.79. The molecule has 0 atom stereocenters. The zero-order valence-corrected chi connectivity index (χ0v) is 7.65. The lowest BCUT2D eigenvalue weighted by Crippen LogP contribution is -2.34. The predicted molar refractivity (Wildman–Crippen MR) is 44.4 cm³/mol. The first kappa shape index (κ1) is 11.3. The molecule has 0 aliphatic rings. The van der Waals surface area contributed by atoms with Gasteiger partial charge in [-0.2, -0.15) is 0 Å². The topological polar surface area (TPSA) is 101 Å². The minimum atomic E-state index is -3.19. The third-order valence-corrected chi connectivity index (χ3v) is 2.62. The van der Waals surface area contributed by atoms with Crippen LogP contribution in [0.3, 0.4) is 0 Å². The lowest BCUT2D eigenvalue weighted by atomic mass is 10.4. The molecule has 0 unspecified atom stereocenters. The molecule has 12 heavy (non-hydrogen) atoms. The average molecular weight is 195 g/mol. The van der Waals surface area contributed by atoms with E-state index in [-0.39, 0.29) is 18.7 Å². The molecular weight excluding hydrogens is 182 g/mol. The van der Waals surface area contributed by atoms with Crippen LogP contribution in [-0.2, 0) is 14.8 Å². The van der Waals surface area contributed by atoms with E-state index < -0.39 is 15.9 Å². The number of hydrogen-bond acceptors (Lipinski definition) is 4. The molecule has 0 saturated carbocycles. The van der Waals surface area contributed by atoms with Crippen molar-refractivity contribution in [2.24, 2.45) is 5.84 Å². The van der Waals surface area contributed by atoms with Crippen LogP contribution in [0, 0.1) is 0 Å². The molecular formula is C5H13N3O3S. The lowest BCUT2D eigenvalue weighted by molar-refractivity contribution is -0.120. The van der Waals surface area contributed by atoms with E-state index >= 15 is 0 Å². The van der Waals surface area contributed by atoms with Crippen LogP contribution in [0.25, 0.3) is 0 Å². The summed E-state index contributed by atoms with van der Waals surface area (Å²) in [6, 6.07) is 0. The van der Waals surface area contributed by atoms with Crippen molar-refractivity contribution < 1.29 is 13.2 Å². The number of nitrogens with one attached hydrogen (secondary N) is 2. The minimum absolute atomic E-state index is 0.0112. The van der Waals surface area contributed by atoms with Crippen molar-refractivity contribution >= 4 is 15.9 Å². The van der Waals surface area contributed by atoms with Crippen molar-refractivity contribution in [3.8, 4) is 0 Å². The van der Waals surface area contributed by atoms with Crippen molar-refractivity contribution in [3.05, 3.63) is 0 Å². The molecule has 0 aromatic carbocycles. The predicted octanol–water partition coefficient (Wildman–Crippen LogP) is -1.69. The van der Waals surface area contributed by atoms with Crippen LogP contribution < -0.4 is 16.0 Å². The summed E-state index contributed by atoms with van der Waals surface area (Å²) in [6.45, 7) is 1.60. The Hall–Kier alpha value is -0.660. The molecule has 0 aromatic heterocycles. The summed E-state index contributed by atoms with van der Waals surface area (Å²) in [5.74, 6) is 4.39. The monoisotopic (exact) mass is 195 g/mol. The molecule has 4 N–H and O–H groups in total. The maximum absolute atomic E-state index is 10.8. The van der Waals surface area contributed by atoms with Crippen LogP contribution in [0.2, 0.25) is 0 Å². The first-order chi connectivity index (χ1) is 5.52. The zero-order valence-electron chi connectivity index (χ0n) is 6.83. The molecule has 6 nitrogen and oxygen atoms in total. The van der Waals surface area contributed by atoms with Crippen LogP contribution in [0.5, 0.6) is 0 Å². The molecule has 0 saturated heterocycles. The Morgan fingerprint density at radius 1 is 1.50 bits per heavy atom. The fourth-order valence-corrected chi connectivity index (χ4v) is 1.11. The van der Waals surface area contributed by atoms with Crippen molar-refractivity contribution in [3.63, 3.8) is 0 Å². The number of carbonyl (C=O) groups is 1. The molecule has 72 valence electrons. The fourth-order valence-electron chi connectivity index (χ4n) is 0.494. The number of nitrogens with two attached hydrogens (primary N) is 1. The summed E-state index contributed by atoms with van der Waals surface area (Å²) in [6.07, 6.45) is 0.0513. The number of amides is 1. The zero-order chi connectivity index (χ0) is 9.61. The van der Waals surface area contributed by atoms with E-state index in [1.54, 1.807) is 0 Å². The van der Waals surface area contributed by atoms with Gasteiger partial charge in [0.15, 0.2) is 0 Å². The van der Waals surface area contributed by atoms with E-state index in [1.807, 2.05) is 5.43 Å². The maximum Gasteiger partial charge on any atom is 0.235 e. The van der Waals surface area contributed by atoms with Crippen LogP contribution >= 0.6 is 0 Å². The highest BCUT2D eigenvalue weighted by Crippen LogP contribution is 1.83. The number of rotatable bonds is 5. The van der Waals surface area contributed by atoms with Gasteiger partial charge in [0.2, 0.25) is 15.9 Å². The second kappa shape index (κ2) is 5.07. The Morgan fingerprint density at radius 3 is 2.50 bits per heavy atom. The van der Waals surface area contributed by atoms with E-state index in [0.717, 1.165) is 0 Å². The van der Waals surface area contributed by atoms with Crippen molar-refractivity contribution in [1.82, 2.24) is 10.1 Å². The Labute approximate surface area is 71.5 Å². The van der Waals surface area contributed by atoms with Gasteiger partial charge in [-0.3, -0.25) is 10.2 Å². The molecule has 0 heterocycles. The van der Waals surface area contributed by atoms with Gasteiger partial charge in [-0.25, -0.2) is 19.0 Å². The number of hydrazine groups is 1. The standard InChI is InChI=1S/C5H13N3O3S/c1-2-12(10,11)7-4-3-5(9)8-6/h7H,2-4,6H2,1H3,(H,8,9). The molecule has 0 fully saturated rings. The van der Waals surface area contributed by atoms with E-state index in [2.05, 4.69) is 4.72 Å². The number of carbonyl (C=O) groups excluding carboxylic acids is 1. The Morgan fingerprint density at radius 2 is 2.08 bits per heavy atom. The molecule has 0 spiro atoms. The normalized spacial score (nSPS) is 11.2. The highest BCUT2D eigenvalue weighted by Gasteiger charge is 2.06. The number of sulfonamides is 1. The molecule has 0 rings (SSSR count). The second-order valence-corrected chi connectivity index (χ2v) is 4.21. The quantitative estimate of drug-likeness (QED) is 0.276. The van der Waals surface area contributed by atoms with Gasteiger partial charge in [0.1, 0.15) is 0 Å². The van der Waals surface area contributed by atoms with Gasteiger partial charge in [0.25, 0.3) is 0 Å². The van der Waals surface area contributed by atoms with Gasteiger partial charge in [0, 0.05) is 13.0 Å². The SMILES string of the molecule is CCS(=O)(=O)NCCC(=O)NN. The summed E-state index contributed by atoms with van der Waals surface area (Å²) in [5.41, 5.74) is 1.90. The molecule has 0 aromatic rings. The summed E-state index contributed by atoms with van der Waals surface area (Å²) < 4.78 is 23.8. The summed E-state index contributed by atoms with van der Waals surface area (Å²) in [5, 5.41) is 0. The van der Waals surface area contributed by atoms with Gasteiger partial charge in [-0.1, -0.05) is 0 Å². The molecule has 7 heteroatoms. The van der Waals surface area contributed by atoms with Gasteiger partial charge >= 0.3 is 0 Å². The summed E-state index contributed by atoms with van der Waals surface area (Å²) >= 11 is 0. The third kappa shape index (κ3) is 5.05. The lowest BCUT2D eigenvalue weighted by Gasteiger charge is -2.02. The molecule has 1 amide bonds. The van der Waals surface area contributed by atoms with Crippen LogP contribution in [0.1, 0.15) is 13.3 Å². The maximum atomic E-state index is 10.8. The second-order valence-electron chi connectivity index (χ2n) is 2.12. The van der Waals surface area contributed by atoms with Crippen molar-refractivity contribution in [2.75, 3.05) is 12.3 Å². The average Bonchev–Trinajstić information content (AvgIpc) is 2.04. The number of hydrogen-bond donors (Lipinski definition) is 3. The smallest absolute Gasteiger partial charge is 0.235 e. The molecule has 0 aliphatic heterocycles. The van der Waals surface area contributed by atoms with Crippen molar-refractivity contribution in [2.45, 2.75) is 13.3 Å². The molecule has 0 bridgehead atoms.